The predicted octanol–water partition coefficient (Wildman–Crippen LogP) is 2.57. The molecule has 3 heterocycles. The fraction of sp³-hybridized carbons (Fsp3) is 0.188. The number of hydrogen-bond acceptors (Lipinski definition) is 6. The molecule has 0 spiro atoms. The molecule has 0 fully saturated rings. The van der Waals surface area contributed by atoms with Gasteiger partial charge < -0.3 is 14.8 Å². The summed E-state index contributed by atoms with van der Waals surface area (Å²) in [4.78, 5) is 21.6. The molecule has 23 heavy (non-hydrogen) atoms. The van der Waals surface area contributed by atoms with E-state index in [1.165, 1.54) is 17.6 Å². The van der Waals surface area contributed by atoms with E-state index < -0.39 is 6.04 Å². The molecule has 1 unspecified atom stereocenters. The molecule has 0 saturated heterocycles. The van der Waals surface area contributed by atoms with Crippen molar-refractivity contribution in [3.8, 4) is 10.7 Å². The number of amides is 1. The summed E-state index contributed by atoms with van der Waals surface area (Å²) < 4.78 is 5.23. The molecule has 2 N–H and O–H groups in total. The second-order valence-electron chi connectivity index (χ2n) is 4.87. The van der Waals surface area contributed by atoms with Crippen molar-refractivity contribution in [2.24, 2.45) is 0 Å². The number of aliphatic hydroxyl groups is 1. The SMILES string of the molecule is Cc1nc(-c2ccccn2)sc1C(=O)NC(CO)c1ccco1. The van der Waals surface area contributed by atoms with E-state index in [9.17, 15) is 9.90 Å². The summed E-state index contributed by atoms with van der Waals surface area (Å²) in [5.74, 6) is 0.214. The molecule has 0 aromatic carbocycles. The Morgan fingerprint density at radius 2 is 2.26 bits per heavy atom. The minimum absolute atomic E-state index is 0.246. The summed E-state index contributed by atoms with van der Waals surface area (Å²) in [6.07, 6.45) is 3.19. The van der Waals surface area contributed by atoms with Crippen molar-refractivity contribution < 1.29 is 14.3 Å². The van der Waals surface area contributed by atoms with Gasteiger partial charge in [0.2, 0.25) is 0 Å². The van der Waals surface area contributed by atoms with Crippen molar-refractivity contribution in [2.45, 2.75) is 13.0 Å². The summed E-state index contributed by atoms with van der Waals surface area (Å²) in [6, 6.07) is 8.38. The Morgan fingerprint density at radius 3 is 2.91 bits per heavy atom. The third-order valence-corrected chi connectivity index (χ3v) is 4.44. The Morgan fingerprint density at radius 1 is 1.39 bits per heavy atom. The highest BCUT2D eigenvalue weighted by Crippen LogP contribution is 2.27. The van der Waals surface area contributed by atoms with E-state index in [1.807, 2.05) is 18.2 Å². The molecule has 3 rings (SSSR count). The van der Waals surface area contributed by atoms with Crippen LogP contribution in [0.5, 0.6) is 0 Å². The van der Waals surface area contributed by atoms with Gasteiger partial charge in [-0.15, -0.1) is 11.3 Å². The molecule has 118 valence electrons. The first-order valence-corrected chi connectivity index (χ1v) is 7.84. The maximum atomic E-state index is 12.5. The van der Waals surface area contributed by atoms with Crippen LogP contribution < -0.4 is 5.32 Å². The van der Waals surface area contributed by atoms with E-state index >= 15 is 0 Å². The maximum absolute atomic E-state index is 12.5. The lowest BCUT2D eigenvalue weighted by atomic mass is 10.2. The highest BCUT2D eigenvalue weighted by Gasteiger charge is 2.21. The van der Waals surface area contributed by atoms with Gasteiger partial charge in [-0.1, -0.05) is 6.07 Å². The summed E-state index contributed by atoms with van der Waals surface area (Å²) >= 11 is 1.27. The molecule has 0 saturated carbocycles. The molecular weight excluding hydrogens is 314 g/mol. The van der Waals surface area contributed by atoms with Crippen molar-refractivity contribution in [3.05, 3.63) is 59.1 Å². The molecule has 6 nitrogen and oxygen atoms in total. The van der Waals surface area contributed by atoms with Crippen LogP contribution in [0.25, 0.3) is 10.7 Å². The number of aliphatic hydroxyl groups excluding tert-OH is 1. The monoisotopic (exact) mass is 329 g/mol. The molecule has 3 aromatic rings. The van der Waals surface area contributed by atoms with E-state index in [1.54, 1.807) is 25.3 Å². The number of pyridine rings is 1. The normalized spacial score (nSPS) is 12.1. The number of carbonyl (C=O) groups is 1. The lowest BCUT2D eigenvalue weighted by molar-refractivity contribution is 0.0910. The topological polar surface area (TPSA) is 88.2 Å². The minimum Gasteiger partial charge on any atom is -0.467 e. The molecular formula is C16H15N3O3S. The van der Waals surface area contributed by atoms with Gasteiger partial charge in [-0.3, -0.25) is 9.78 Å². The van der Waals surface area contributed by atoms with Crippen LogP contribution in [-0.2, 0) is 0 Å². The van der Waals surface area contributed by atoms with Crippen LogP contribution in [-0.4, -0.2) is 27.6 Å². The lowest BCUT2D eigenvalue weighted by Crippen LogP contribution is -2.30. The van der Waals surface area contributed by atoms with Crippen LogP contribution in [0.3, 0.4) is 0 Å². The van der Waals surface area contributed by atoms with Crippen LogP contribution in [0, 0.1) is 6.92 Å². The summed E-state index contributed by atoms with van der Waals surface area (Å²) in [6.45, 7) is 1.53. The van der Waals surface area contributed by atoms with Crippen LogP contribution in [0.4, 0.5) is 0 Å². The standard InChI is InChI=1S/C16H15N3O3S/c1-10-14(23-16(18-10)11-5-2-3-7-17-11)15(21)19-12(9-20)13-6-4-8-22-13/h2-8,12,20H,9H2,1H3,(H,19,21). The van der Waals surface area contributed by atoms with Gasteiger partial charge in [-0.2, -0.15) is 0 Å². The first kappa shape index (κ1) is 15.4. The average molecular weight is 329 g/mol. The van der Waals surface area contributed by atoms with Crippen molar-refractivity contribution in [3.63, 3.8) is 0 Å². The van der Waals surface area contributed by atoms with E-state index in [4.69, 9.17) is 4.42 Å². The summed E-state index contributed by atoms with van der Waals surface area (Å²) in [5.41, 5.74) is 1.36. The van der Waals surface area contributed by atoms with Crippen LogP contribution in [0.15, 0.2) is 47.2 Å². The fourth-order valence-electron chi connectivity index (χ4n) is 2.13. The fourth-order valence-corrected chi connectivity index (χ4v) is 3.07. The Balaban J connectivity index is 1.81. The van der Waals surface area contributed by atoms with Crippen LogP contribution >= 0.6 is 11.3 Å². The van der Waals surface area contributed by atoms with Crippen molar-refractivity contribution >= 4 is 17.2 Å². The molecule has 3 aromatic heterocycles. The second-order valence-corrected chi connectivity index (χ2v) is 5.87. The smallest absolute Gasteiger partial charge is 0.263 e. The Kier molecular flexibility index (Phi) is 4.50. The minimum atomic E-state index is -0.586. The zero-order valence-corrected chi connectivity index (χ0v) is 13.2. The van der Waals surface area contributed by atoms with Gasteiger partial charge in [-0.05, 0) is 31.2 Å². The molecule has 7 heteroatoms. The Labute approximate surface area is 136 Å². The highest BCUT2D eigenvalue weighted by molar-refractivity contribution is 7.17. The van der Waals surface area contributed by atoms with E-state index in [0.29, 0.717) is 21.3 Å². The van der Waals surface area contributed by atoms with Crippen molar-refractivity contribution in [1.82, 2.24) is 15.3 Å². The largest absolute Gasteiger partial charge is 0.467 e. The number of furan rings is 1. The number of thiazole rings is 1. The molecule has 1 atom stereocenters. The van der Waals surface area contributed by atoms with E-state index in [0.717, 1.165) is 5.69 Å². The number of rotatable bonds is 5. The van der Waals surface area contributed by atoms with Gasteiger partial charge in [0.1, 0.15) is 21.7 Å². The third-order valence-electron chi connectivity index (χ3n) is 3.26. The summed E-state index contributed by atoms with van der Waals surface area (Å²) in [7, 11) is 0. The first-order chi connectivity index (χ1) is 11.2. The molecule has 0 aliphatic heterocycles. The van der Waals surface area contributed by atoms with E-state index in [-0.39, 0.29) is 12.5 Å². The molecule has 1 amide bonds. The highest BCUT2D eigenvalue weighted by atomic mass is 32.1. The second kappa shape index (κ2) is 6.72. The van der Waals surface area contributed by atoms with E-state index in [2.05, 4.69) is 15.3 Å². The van der Waals surface area contributed by atoms with Gasteiger partial charge in [0.05, 0.1) is 24.3 Å². The zero-order chi connectivity index (χ0) is 16.2. The third kappa shape index (κ3) is 3.30. The Hall–Kier alpha value is -2.51. The van der Waals surface area contributed by atoms with Gasteiger partial charge >= 0.3 is 0 Å². The quantitative estimate of drug-likeness (QED) is 0.751. The number of aromatic nitrogens is 2. The van der Waals surface area contributed by atoms with Gasteiger partial charge in [-0.25, -0.2) is 4.98 Å². The Bertz CT molecular complexity index is 784. The van der Waals surface area contributed by atoms with Crippen molar-refractivity contribution in [1.29, 1.82) is 0 Å². The van der Waals surface area contributed by atoms with Gasteiger partial charge in [0.15, 0.2) is 0 Å². The van der Waals surface area contributed by atoms with Crippen molar-refractivity contribution in [2.75, 3.05) is 6.61 Å². The molecule has 0 radical (unpaired) electrons. The number of nitrogens with one attached hydrogen (secondary N) is 1. The van der Waals surface area contributed by atoms with Crippen LogP contribution in [0.2, 0.25) is 0 Å². The van der Waals surface area contributed by atoms with Crippen LogP contribution in [0.1, 0.15) is 27.2 Å². The predicted molar refractivity (Wildman–Crippen MR) is 86.1 cm³/mol. The number of hydrogen-bond donors (Lipinski definition) is 2. The number of carbonyl (C=O) groups excluding carboxylic acids is 1. The lowest BCUT2D eigenvalue weighted by Gasteiger charge is -2.13. The zero-order valence-electron chi connectivity index (χ0n) is 12.4. The first-order valence-electron chi connectivity index (χ1n) is 7.03. The number of aryl methyl sites for hydroxylation is 1. The van der Waals surface area contributed by atoms with Gasteiger partial charge in [0, 0.05) is 6.20 Å². The molecule has 0 aliphatic carbocycles. The number of nitrogens with zero attached hydrogens (tertiary/aromatic N) is 2. The molecule has 0 bridgehead atoms. The van der Waals surface area contributed by atoms with Gasteiger partial charge in [0.25, 0.3) is 5.91 Å². The average Bonchev–Trinajstić information content (AvgIpc) is 3.23. The maximum Gasteiger partial charge on any atom is 0.263 e. The summed E-state index contributed by atoms with van der Waals surface area (Å²) in [5, 5.41) is 12.9. The molecule has 0 aliphatic rings.